The fourth-order valence-electron chi connectivity index (χ4n) is 2.88. The van der Waals surface area contributed by atoms with Crippen molar-refractivity contribution >= 4 is 0 Å². The highest BCUT2D eigenvalue weighted by Gasteiger charge is 2.28. The van der Waals surface area contributed by atoms with Crippen LogP contribution in [0.25, 0.3) is 0 Å². The zero-order valence-corrected chi connectivity index (χ0v) is 13.8. The zero-order chi connectivity index (χ0) is 14.8. The van der Waals surface area contributed by atoms with Crippen molar-refractivity contribution in [2.75, 3.05) is 19.6 Å². The summed E-state index contributed by atoms with van der Waals surface area (Å²) in [5.41, 5.74) is 3.37. The van der Waals surface area contributed by atoms with E-state index in [0.717, 1.165) is 26.2 Å². The van der Waals surface area contributed by atoms with Crippen LogP contribution in [-0.2, 0) is 12.0 Å². The van der Waals surface area contributed by atoms with Gasteiger partial charge in [-0.2, -0.15) is 0 Å². The summed E-state index contributed by atoms with van der Waals surface area (Å²) >= 11 is 0. The van der Waals surface area contributed by atoms with Gasteiger partial charge in [-0.25, -0.2) is 0 Å². The predicted octanol–water partition coefficient (Wildman–Crippen LogP) is 3.56. The average molecular weight is 274 g/mol. The van der Waals surface area contributed by atoms with Gasteiger partial charge < -0.3 is 5.32 Å². The molecule has 0 amide bonds. The van der Waals surface area contributed by atoms with Gasteiger partial charge >= 0.3 is 0 Å². The minimum Gasteiger partial charge on any atom is -0.309 e. The highest BCUT2D eigenvalue weighted by atomic mass is 15.2. The molecule has 0 bridgehead atoms. The minimum absolute atomic E-state index is 0.244. The van der Waals surface area contributed by atoms with E-state index in [0.29, 0.717) is 0 Å². The SMILES string of the molecule is CCC1(C)CN(Cc2ccc(C(C)(C)C)cc2)CCN1. The van der Waals surface area contributed by atoms with Crippen molar-refractivity contribution in [2.45, 2.75) is 58.5 Å². The van der Waals surface area contributed by atoms with Crippen LogP contribution in [0.1, 0.15) is 52.2 Å². The summed E-state index contributed by atoms with van der Waals surface area (Å²) in [5, 5.41) is 3.65. The molecule has 1 N–H and O–H groups in total. The van der Waals surface area contributed by atoms with E-state index < -0.39 is 0 Å². The lowest BCUT2D eigenvalue weighted by atomic mass is 9.86. The second kappa shape index (κ2) is 5.87. The third-order valence-electron chi connectivity index (χ3n) is 4.56. The molecule has 1 heterocycles. The number of nitrogens with one attached hydrogen (secondary N) is 1. The molecule has 2 heteroatoms. The Morgan fingerprint density at radius 1 is 1.20 bits per heavy atom. The Hall–Kier alpha value is -0.860. The number of rotatable bonds is 3. The molecule has 112 valence electrons. The standard InChI is InChI=1S/C18H30N2/c1-6-18(5)14-20(12-11-19-18)13-15-7-9-16(10-8-15)17(2,3)4/h7-10,19H,6,11-14H2,1-5H3. The second-order valence-electron chi connectivity index (χ2n) is 7.50. The predicted molar refractivity (Wildman–Crippen MR) is 87.1 cm³/mol. The average Bonchev–Trinajstić information content (AvgIpc) is 2.38. The first kappa shape index (κ1) is 15.5. The van der Waals surface area contributed by atoms with Crippen LogP contribution in [-0.4, -0.2) is 30.1 Å². The van der Waals surface area contributed by atoms with E-state index >= 15 is 0 Å². The summed E-state index contributed by atoms with van der Waals surface area (Å²) in [6.07, 6.45) is 1.19. The molecule has 2 rings (SSSR count). The zero-order valence-electron chi connectivity index (χ0n) is 13.8. The summed E-state index contributed by atoms with van der Waals surface area (Å²) in [7, 11) is 0. The van der Waals surface area contributed by atoms with E-state index in [1.165, 1.54) is 17.5 Å². The van der Waals surface area contributed by atoms with Crippen molar-refractivity contribution < 1.29 is 0 Å². The molecular weight excluding hydrogens is 244 g/mol. The third-order valence-corrected chi connectivity index (χ3v) is 4.56. The largest absolute Gasteiger partial charge is 0.309 e. The maximum Gasteiger partial charge on any atom is 0.0278 e. The Morgan fingerprint density at radius 2 is 1.85 bits per heavy atom. The molecule has 0 saturated carbocycles. The van der Waals surface area contributed by atoms with Gasteiger partial charge in [-0.15, -0.1) is 0 Å². The topological polar surface area (TPSA) is 15.3 Å². The molecule has 1 unspecified atom stereocenters. The molecule has 20 heavy (non-hydrogen) atoms. The molecule has 2 nitrogen and oxygen atoms in total. The van der Waals surface area contributed by atoms with Crippen LogP contribution in [0.4, 0.5) is 0 Å². The van der Waals surface area contributed by atoms with Gasteiger partial charge in [0.2, 0.25) is 0 Å². The summed E-state index contributed by atoms with van der Waals surface area (Å²) in [6, 6.07) is 9.17. The van der Waals surface area contributed by atoms with Gasteiger partial charge in [0, 0.05) is 31.7 Å². The van der Waals surface area contributed by atoms with Crippen LogP contribution in [0.15, 0.2) is 24.3 Å². The normalized spacial score (nSPS) is 24.9. The molecule has 0 spiro atoms. The van der Waals surface area contributed by atoms with Gasteiger partial charge in [0.15, 0.2) is 0 Å². The molecule has 0 aliphatic carbocycles. The molecule has 1 aromatic carbocycles. The van der Waals surface area contributed by atoms with Gasteiger partial charge in [-0.05, 0) is 29.9 Å². The van der Waals surface area contributed by atoms with Crippen molar-refractivity contribution in [1.82, 2.24) is 10.2 Å². The second-order valence-corrected chi connectivity index (χ2v) is 7.50. The lowest BCUT2D eigenvalue weighted by Gasteiger charge is -2.41. The van der Waals surface area contributed by atoms with Gasteiger partial charge in [-0.1, -0.05) is 52.0 Å². The summed E-state index contributed by atoms with van der Waals surface area (Å²) < 4.78 is 0. The maximum atomic E-state index is 3.65. The van der Waals surface area contributed by atoms with Crippen molar-refractivity contribution in [3.63, 3.8) is 0 Å². The minimum atomic E-state index is 0.244. The molecule has 1 saturated heterocycles. The molecule has 0 aromatic heterocycles. The fraction of sp³-hybridized carbons (Fsp3) is 0.667. The Balaban J connectivity index is 2.00. The van der Waals surface area contributed by atoms with E-state index in [9.17, 15) is 0 Å². The van der Waals surface area contributed by atoms with Gasteiger partial charge in [0.25, 0.3) is 0 Å². The van der Waals surface area contributed by atoms with Gasteiger partial charge in [0.1, 0.15) is 0 Å². The smallest absolute Gasteiger partial charge is 0.0278 e. The summed E-state index contributed by atoms with van der Waals surface area (Å²) in [5.74, 6) is 0. The molecular formula is C18H30N2. The van der Waals surface area contributed by atoms with Crippen LogP contribution in [0.5, 0.6) is 0 Å². The van der Waals surface area contributed by atoms with E-state index in [1.807, 2.05) is 0 Å². The van der Waals surface area contributed by atoms with Crippen molar-refractivity contribution in [1.29, 1.82) is 0 Å². The van der Waals surface area contributed by atoms with Gasteiger partial charge in [0.05, 0.1) is 0 Å². The first-order valence-corrected chi connectivity index (χ1v) is 7.89. The first-order chi connectivity index (χ1) is 9.32. The lowest BCUT2D eigenvalue weighted by Crippen LogP contribution is -2.58. The van der Waals surface area contributed by atoms with E-state index in [1.54, 1.807) is 0 Å². The third kappa shape index (κ3) is 3.83. The van der Waals surface area contributed by atoms with Gasteiger partial charge in [-0.3, -0.25) is 4.90 Å². The fourth-order valence-corrected chi connectivity index (χ4v) is 2.88. The Labute approximate surface area is 124 Å². The van der Waals surface area contributed by atoms with E-state index in [2.05, 4.69) is 69.1 Å². The van der Waals surface area contributed by atoms with Crippen LogP contribution in [0.2, 0.25) is 0 Å². The molecule has 1 atom stereocenters. The molecule has 0 radical (unpaired) electrons. The van der Waals surface area contributed by atoms with Crippen LogP contribution >= 0.6 is 0 Å². The number of hydrogen-bond donors (Lipinski definition) is 1. The van der Waals surface area contributed by atoms with E-state index in [-0.39, 0.29) is 11.0 Å². The van der Waals surface area contributed by atoms with Crippen molar-refractivity contribution in [2.24, 2.45) is 0 Å². The van der Waals surface area contributed by atoms with Crippen LogP contribution < -0.4 is 5.32 Å². The highest BCUT2D eigenvalue weighted by molar-refractivity contribution is 5.27. The molecule has 1 fully saturated rings. The maximum absolute atomic E-state index is 3.65. The Morgan fingerprint density at radius 3 is 2.40 bits per heavy atom. The summed E-state index contributed by atoms with van der Waals surface area (Å²) in [6.45, 7) is 15.9. The molecule has 1 aliphatic rings. The van der Waals surface area contributed by atoms with Crippen molar-refractivity contribution in [3.8, 4) is 0 Å². The number of nitrogens with zero attached hydrogens (tertiary/aromatic N) is 1. The Bertz CT molecular complexity index is 430. The first-order valence-electron chi connectivity index (χ1n) is 7.89. The monoisotopic (exact) mass is 274 g/mol. The van der Waals surface area contributed by atoms with Crippen LogP contribution in [0.3, 0.4) is 0 Å². The number of piperazine rings is 1. The highest BCUT2D eigenvalue weighted by Crippen LogP contribution is 2.23. The number of hydrogen-bond acceptors (Lipinski definition) is 2. The lowest BCUT2D eigenvalue weighted by molar-refractivity contribution is 0.133. The Kier molecular flexibility index (Phi) is 4.55. The number of benzene rings is 1. The van der Waals surface area contributed by atoms with Crippen molar-refractivity contribution in [3.05, 3.63) is 35.4 Å². The molecule has 1 aliphatic heterocycles. The molecule has 1 aromatic rings. The van der Waals surface area contributed by atoms with E-state index in [4.69, 9.17) is 0 Å². The van der Waals surface area contributed by atoms with Crippen LogP contribution in [0, 0.1) is 0 Å². The summed E-state index contributed by atoms with van der Waals surface area (Å²) in [4.78, 5) is 2.58. The quantitative estimate of drug-likeness (QED) is 0.906.